The molecule has 61 heavy (non-hydrogen) atoms. The molecule has 0 radical (unpaired) electrons. The van der Waals surface area contributed by atoms with Gasteiger partial charge in [0.15, 0.2) is 0 Å². The Hall–Kier alpha value is -5.21. The van der Waals surface area contributed by atoms with Gasteiger partial charge in [0.2, 0.25) is 0 Å². The van der Waals surface area contributed by atoms with Crippen molar-refractivity contribution in [3.8, 4) is 22.6 Å². The van der Waals surface area contributed by atoms with E-state index in [0.717, 1.165) is 49.2 Å². The fraction of sp³-hybridized carbons (Fsp3) is 0.0769. The topological polar surface area (TPSA) is 64.6 Å². The number of benzene rings is 8. The molecule has 9 heteroatoms. The zero-order chi connectivity index (χ0) is 41.2. The molecule has 8 aromatic carbocycles. The van der Waals surface area contributed by atoms with Gasteiger partial charge in [-0.3, -0.25) is 0 Å². The van der Waals surface area contributed by atoms with Crippen molar-refractivity contribution in [2.75, 3.05) is 11.2 Å². The number of anilines is 1. The average Bonchev–Trinajstić information content (AvgIpc) is 3.29. The van der Waals surface area contributed by atoms with Crippen molar-refractivity contribution in [2.45, 2.75) is 19.3 Å². The number of hydrogen-bond acceptors (Lipinski definition) is 5. The van der Waals surface area contributed by atoms with Crippen molar-refractivity contribution in [2.24, 2.45) is 0 Å². The predicted octanol–water partition coefficient (Wildman–Crippen LogP) is 9.90. The number of rotatable bonds is 12. The van der Waals surface area contributed by atoms with Crippen LogP contribution in [0.4, 0.5) is 5.69 Å². The molecule has 8 aromatic rings. The summed E-state index contributed by atoms with van der Waals surface area (Å²) in [6.07, 6.45) is 0. The standard InChI is InChI=1S/C52H45NO4P2S.Pd/c1-52(2)45-33-20-36-48(58(40-24-10-4-11-25-40)41-26-12-5-13-27-41)50(45)56-51-46(52)34-21-37-49(51)59(42-28-14-6-15-29-42,43-30-16-7-17-31-43)57-60(54,55)38-53-47-35-19-18-32-44(47)39-22-8-3-9-23-39;/h3-37,53,59H,38H2,1-2H3;. The van der Waals surface area contributed by atoms with Gasteiger partial charge in [0.1, 0.15) is 0 Å². The number of ether oxygens (including phenoxy) is 1. The summed E-state index contributed by atoms with van der Waals surface area (Å²) in [5.41, 5.74) is 4.10. The third kappa shape index (κ3) is 8.28. The largest absolute Gasteiger partial charge is 0 e. The molecule has 1 N–H and O–H groups in total. The number of para-hydroxylation sites is 3. The Morgan fingerprint density at radius 2 is 1.03 bits per heavy atom. The molecule has 1 aliphatic rings. The molecule has 0 atom stereocenters. The molecule has 9 rings (SSSR count). The summed E-state index contributed by atoms with van der Waals surface area (Å²) in [4.78, 5) is 0. The van der Waals surface area contributed by atoms with Gasteiger partial charge in [0.05, 0.1) is 0 Å². The normalized spacial score (nSPS) is 13.2. The maximum Gasteiger partial charge on any atom is 0 e. The molecule has 1 aliphatic heterocycles. The van der Waals surface area contributed by atoms with Crippen LogP contribution >= 0.6 is 15.4 Å². The maximum absolute atomic E-state index is 14.9. The van der Waals surface area contributed by atoms with Crippen molar-refractivity contribution < 1.29 is 37.5 Å². The van der Waals surface area contributed by atoms with Gasteiger partial charge < -0.3 is 0 Å². The Morgan fingerprint density at radius 1 is 0.557 bits per heavy atom. The Morgan fingerprint density at radius 3 is 1.61 bits per heavy atom. The molecule has 0 aliphatic carbocycles. The number of fused-ring (bicyclic) bond motifs is 2. The van der Waals surface area contributed by atoms with Gasteiger partial charge in [-0.2, -0.15) is 0 Å². The fourth-order valence-electron chi connectivity index (χ4n) is 8.40. The molecule has 0 saturated heterocycles. The molecule has 5 nitrogen and oxygen atoms in total. The van der Waals surface area contributed by atoms with E-state index in [1.165, 1.54) is 10.6 Å². The molecule has 0 aromatic heterocycles. The van der Waals surface area contributed by atoms with E-state index in [1.54, 1.807) is 0 Å². The van der Waals surface area contributed by atoms with Crippen molar-refractivity contribution in [3.05, 3.63) is 223 Å². The third-order valence-corrected chi connectivity index (χ3v) is 19.7. The van der Waals surface area contributed by atoms with Crippen LogP contribution in [0.15, 0.2) is 212 Å². The fourth-order valence-corrected chi connectivity index (χ4v) is 17.1. The van der Waals surface area contributed by atoms with E-state index in [0.29, 0.717) is 11.4 Å². The summed E-state index contributed by atoms with van der Waals surface area (Å²) in [6.45, 7) is 4.46. The van der Waals surface area contributed by atoms with Crippen LogP contribution in [0.1, 0.15) is 25.0 Å². The minimum Gasteiger partial charge on any atom is 0 e. The van der Waals surface area contributed by atoms with E-state index in [4.69, 9.17) is 8.71 Å². The monoisotopic (exact) mass is 947 g/mol. The summed E-state index contributed by atoms with van der Waals surface area (Å²) in [5.74, 6) is 0.987. The molecule has 0 bridgehead atoms. The van der Waals surface area contributed by atoms with Crippen LogP contribution < -0.4 is 41.9 Å². The quantitative estimate of drug-likeness (QED) is 0.0977. The van der Waals surface area contributed by atoms with Gasteiger partial charge in [-0.1, -0.05) is 0 Å². The van der Waals surface area contributed by atoms with Crippen molar-refractivity contribution in [3.63, 3.8) is 0 Å². The summed E-state index contributed by atoms with van der Waals surface area (Å²) >= 11 is 0. The summed E-state index contributed by atoms with van der Waals surface area (Å²) in [5, 5.41) is 9.06. The van der Waals surface area contributed by atoms with Crippen LogP contribution in [0.3, 0.4) is 0 Å². The zero-order valence-corrected chi connectivity index (χ0v) is 38.0. The second-order valence-corrected chi connectivity index (χ2v) is 22.7. The number of hydrogen-bond donors (Lipinski definition) is 1. The first-order chi connectivity index (χ1) is 29.3. The van der Waals surface area contributed by atoms with Crippen LogP contribution in [0.2, 0.25) is 0 Å². The van der Waals surface area contributed by atoms with E-state index in [9.17, 15) is 8.42 Å². The zero-order valence-electron chi connectivity index (χ0n) is 33.7. The van der Waals surface area contributed by atoms with Gasteiger partial charge in [-0.15, -0.1) is 0 Å². The predicted molar refractivity (Wildman–Crippen MR) is 254 cm³/mol. The van der Waals surface area contributed by atoms with E-state index in [2.05, 4.69) is 92.0 Å². The van der Waals surface area contributed by atoms with Gasteiger partial charge in [-0.25, -0.2) is 0 Å². The smallest absolute Gasteiger partial charge is 0 e. The van der Waals surface area contributed by atoms with Gasteiger partial charge in [0, 0.05) is 20.4 Å². The second kappa shape index (κ2) is 18.0. The van der Waals surface area contributed by atoms with Crippen molar-refractivity contribution in [1.82, 2.24) is 0 Å². The molecule has 308 valence electrons. The molecule has 1 heterocycles. The third-order valence-electron chi connectivity index (χ3n) is 11.3. The van der Waals surface area contributed by atoms with E-state index >= 15 is 0 Å². The maximum atomic E-state index is 14.9. The van der Waals surface area contributed by atoms with Crippen LogP contribution in [0.5, 0.6) is 11.5 Å². The summed E-state index contributed by atoms with van der Waals surface area (Å²) < 4.78 is 44.1. The SMILES string of the molecule is CC1(C)c2cccc(P(c3ccccc3)c3ccccc3)c2Oc2c1cccc2[PH](OS(=O)(=O)CNc1ccccc1-c1ccccc1)(c1ccccc1)c1ccccc1.[Pd]. The molecule has 0 amide bonds. The Balaban J connectivity index is 0.00000514. The van der Waals surface area contributed by atoms with E-state index < -0.39 is 36.8 Å². The first-order valence-corrected chi connectivity index (χ1v) is 24.9. The number of nitrogens with one attached hydrogen (secondary N) is 1. The van der Waals surface area contributed by atoms with Gasteiger partial charge in [0.25, 0.3) is 0 Å². The summed E-state index contributed by atoms with van der Waals surface area (Å²) in [7, 11) is -9.28. The van der Waals surface area contributed by atoms with Crippen LogP contribution in [0, 0.1) is 0 Å². The molecule has 0 saturated carbocycles. The Labute approximate surface area is 374 Å². The molecule has 0 unspecified atom stereocenters. The van der Waals surface area contributed by atoms with Crippen LogP contribution in [0.25, 0.3) is 11.1 Å². The van der Waals surface area contributed by atoms with E-state index in [-0.39, 0.29) is 20.4 Å². The average molecular weight is 948 g/mol. The minimum atomic E-state index is -4.29. The van der Waals surface area contributed by atoms with Crippen molar-refractivity contribution in [1.29, 1.82) is 0 Å². The van der Waals surface area contributed by atoms with Crippen LogP contribution in [-0.2, 0) is 39.9 Å². The second-order valence-electron chi connectivity index (χ2n) is 15.4. The van der Waals surface area contributed by atoms with Crippen molar-refractivity contribution >= 4 is 63.0 Å². The summed E-state index contributed by atoms with van der Waals surface area (Å²) in [6, 6.07) is 71.2. The van der Waals surface area contributed by atoms with E-state index in [1.807, 2.05) is 140 Å². The molecular formula is C52H45NO4P2PdS. The van der Waals surface area contributed by atoms with Gasteiger partial charge >= 0.3 is 357 Å². The first kappa shape index (κ1) is 42.5. The molecular weight excluding hydrogens is 903 g/mol. The van der Waals surface area contributed by atoms with Crippen LogP contribution in [-0.4, -0.2) is 14.3 Å². The first-order valence-electron chi connectivity index (χ1n) is 20.0. The van der Waals surface area contributed by atoms with Gasteiger partial charge in [-0.05, 0) is 0 Å². The Bertz CT molecular complexity index is 2790. The minimum absolute atomic E-state index is 0. The molecule has 0 fully saturated rings. The molecule has 0 spiro atoms. The Kier molecular flexibility index (Phi) is 12.6.